The van der Waals surface area contributed by atoms with Crippen molar-refractivity contribution in [2.45, 2.75) is 45.7 Å². The van der Waals surface area contributed by atoms with Crippen molar-refractivity contribution >= 4 is 23.4 Å². The van der Waals surface area contributed by atoms with Crippen molar-refractivity contribution in [2.24, 2.45) is 0 Å². The lowest BCUT2D eigenvalue weighted by molar-refractivity contribution is -0.140. The van der Waals surface area contributed by atoms with Crippen molar-refractivity contribution in [3.8, 4) is 5.75 Å². The zero-order valence-electron chi connectivity index (χ0n) is 17.6. The number of hydrogen-bond donors (Lipinski definition) is 1. The zero-order chi connectivity index (χ0) is 22.1. The predicted molar refractivity (Wildman–Crippen MR) is 116 cm³/mol. The van der Waals surface area contributed by atoms with Gasteiger partial charge in [-0.3, -0.25) is 9.59 Å². The third-order valence-electron chi connectivity index (χ3n) is 4.90. The predicted octanol–water partition coefficient (Wildman–Crippen LogP) is 4.36. The van der Waals surface area contributed by atoms with E-state index in [2.05, 4.69) is 5.32 Å². The van der Waals surface area contributed by atoms with E-state index in [1.165, 1.54) is 17.0 Å². The molecule has 0 radical (unpaired) electrons. The van der Waals surface area contributed by atoms with Crippen LogP contribution in [0.15, 0.2) is 42.5 Å². The van der Waals surface area contributed by atoms with Gasteiger partial charge in [0, 0.05) is 23.7 Å². The standard InChI is InChI=1S/C23H28ClFN2O3/c1-4-5-13-26-23(29)16(2)27(15-17-9-11-18(30-3)12-10-17)22(28)14-19-20(24)7-6-8-21(19)25/h6-12,16H,4-5,13-15H2,1-3H3,(H,26,29)/t16-/m0/s1. The minimum Gasteiger partial charge on any atom is -0.497 e. The Balaban J connectivity index is 2.24. The normalized spacial score (nSPS) is 11.6. The van der Waals surface area contributed by atoms with Gasteiger partial charge in [0.25, 0.3) is 0 Å². The quantitative estimate of drug-likeness (QED) is 0.565. The molecule has 2 amide bonds. The average molecular weight is 435 g/mol. The Kier molecular flexibility index (Phi) is 9.12. The van der Waals surface area contributed by atoms with Crippen LogP contribution in [-0.2, 0) is 22.6 Å². The molecule has 0 spiro atoms. The second kappa shape index (κ2) is 11.6. The van der Waals surface area contributed by atoms with Crippen LogP contribution >= 0.6 is 11.6 Å². The number of benzene rings is 2. The van der Waals surface area contributed by atoms with Gasteiger partial charge in [0.15, 0.2) is 0 Å². The summed E-state index contributed by atoms with van der Waals surface area (Å²) in [6, 6.07) is 10.8. The van der Waals surface area contributed by atoms with Crippen LogP contribution in [0.2, 0.25) is 5.02 Å². The van der Waals surface area contributed by atoms with Crippen LogP contribution in [0.1, 0.15) is 37.8 Å². The van der Waals surface area contributed by atoms with Gasteiger partial charge in [0.05, 0.1) is 13.5 Å². The van der Waals surface area contributed by atoms with Gasteiger partial charge in [-0.1, -0.05) is 43.1 Å². The minimum atomic E-state index is -0.720. The molecule has 2 rings (SSSR count). The Morgan fingerprint density at radius 2 is 1.90 bits per heavy atom. The van der Waals surface area contributed by atoms with Gasteiger partial charge in [-0.2, -0.15) is 0 Å². The highest BCUT2D eigenvalue weighted by Gasteiger charge is 2.27. The number of unbranched alkanes of at least 4 members (excludes halogenated alkanes) is 1. The SMILES string of the molecule is CCCCNC(=O)[C@H](C)N(Cc1ccc(OC)cc1)C(=O)Cc1c(F)cccc1Cl. The largest absolute Gasteiger partial charge is 0.497 e. The van der Waals surface area contributed by atoms with Crippen molar-refractivity contribution in [2.75, 3.05) is 13.7 Å². The number of carbonyl (C=O) groups is 2. The summed E-state index contributed by atoms with van der Waals surface area (Å²) in [5, 5.41) is 3.04. The lowest BCUT2D eigenvalue weighted by Crippen LogP contribution is -2.48. The van der Waals surface area contributed by atoms with Gasteiger partial charge in [-0.15, -0.1) is 0 Å². The van der Waals surface area contributed by atoms with Crippen molar-refractivity contribution < 1.29 is 18.7 Å². The molecule has 7 heteroatoms. The molecule has 0 aromatic heterocycles. The fourth-order valence-corrected chi connectivity index (χ4v) is 3.23. The number of ether oxygens (including phenoxy) is 1. The molecule has 1 N–H and O–H groups in total. The Labute approximate surface area is 182 Å². The molecule has 0 saturated heterocycles. The van der Waals surface area contributed by atoms with Crippen LogP contribution in [-0.4, -0.2) is 36.4 Å². The first-order chi connectivity index (χ1) is 14.4. The second-order valence-electron chi connectivity index (χ2n) is 7.07. The van der Waals surface area contributed by atoms with E-state index in [0.29, 0.717) is 12.3 Å². The third-order valence-corrected chi connectivity index (χ3v) is 5.25. The summed E-state index contributed by atoms with van der Waals surface area (Å²) >= 11 is 6.09. The van der Waals surface area contributed by atoms with Crippen molar-refractivity contribution in [3.05, 3.63) is 64.4 Å². The Bertz CT molecular complexity index is 838. The molecule has 0 aliphatic heterocycles. The van der Waals surface area contributed by atoms with Crippen LogP contribution in [0.4, 0.5) is 4.39 Å². The number of rotatable bonds is 10. The van der Waals surface area contributed by atoms with Crippen molar-refractivity contribution in [3.63, 3.8) is 0 Å². The highest BCUT2D eigenvalue weighted by Crippen LogP contribution is 2.22. The highest BCUT2D eigenvalue weighted by atomic mass is 35.5. The van der Waals surface area contributed by atoms with Crippen molar-refractivity contribution in [1.29, 1.82) is 0 Å². The zero-order valence-corrected chi connectivity index (χ0v) is 18.3. The molecule has 0 saturated carbocycles. The van der Waals surface area contributed by atoms with Crippen LogP contribution in [0, 0.1) is 5.82 Å². The van der Waals surface area contributed by atoms with Gasteiger partial charge in [-0.25, -0.2) is 4.39 Å². The summed E-state index contributed by atoms with van der Waals surface area (Å²) in [5.74, 6) is -0.471. The summed E-state index contributed by atoms with van der Waals surface area (Å²) in [6.07, 6.45) is 1.58. The number of nitrogens with one attached hydrogen (secondary N) is 1. The fraction of sp³-hybridized carbons (Fsp3) is 0.391. The topological polar surface area (TPSA) is 58.6 Å². The molecule has 1 atom stereocenters. The second-order valence-corrected chi connectivity index (χ2v) is 7.47. The number of hydrogen-bond acceptors (Lipinski definition) is 3. The first-order valence-electron chi connectivity index (χ1n) is 10.00. The van der Waals surface area contributed by atoms with E-state index >= 15 is 0 Å². The average Bonchev–Trinajstić information content (AvgIpc) is 2.74. The van der Waals surface area contributed by atoms with Crippen LogP contribution < -0.4 is 10.1 Å². The van der Waals surface area contributed by atoms with Gasteiger partial charge in [0.1, 0.15) is 17.6 Å². The summed E-state index contributed by atoms with van der Waals surface area (Å²) in [5.41, 5.74) is 0.958. The molecule has 0 unspecified atom stereocenters. The fourth-order valence-electron chi connectivity index (χ4n) is 3.00. The molecule has 30 heavy (non-hydrogen) atoms. The summed E-state index contributed by atoms with van der Waals surface area (Å²) in [4.78, 5) is 27.2. The van der Waals surface area contributed by atoms with E-state index in [4.69, 9.17) is 16.3 Å². The molecule has 162 valence electrons. The third kappa shape index (κ3) is 6.46. The van der Waals surface area contributed by atoms with Crippen LogP contribution in [0.3, 0.4) is 0 Å². The number of carbonyl (C=O) groups excluding carboxylic acids is 2. The molecule has 0 bridgehead atoms. The molecule has 0 aliphatic rings. The Morgan fingerprint density at radius 1 is 1.20 bits per heavy atom. The molecule has 5 nitrogen and oxygen atoms in total. The van der Waals surface area contributed by atoms with Gasteiger partial charge < -0.3 is 15.0 Å². The molecule has 0 fully saturated rings. The van der Waals surface area contributed by atoms with E-state index in [1.807, 2.05) is 19.1 Å². The van der Waals surface area contributed by atoms with Gasteiger partial charge in [-0.05, 0) is 43.2 Å². The Hall–Kier alpha value is -2.60. The smallest absolute Gasteiger partial charge is 0.242 e. The maximum atomic E-state index is 14.2. The van der Waals surface area contributed by atoms with E-state index < -0.39 is 11.9 Å². The van der Waals surface area contributed by atoms with Crippen LogP contribution in [0.5, 0.6) is 5.75 Å². The first kappa shape index (κ1) is 23.7. The Morgan fingerprint density at radius 3 is 2.50 bits per heavy atom. The summed E-state index contributed by atoms with van der Waals surface area (Å²) < 4.78 is 19.4. The lowest BCUT2D eigenvalue weighted by Gasteiger charge is -2.29. The van der Waals surface area contributed by atoms with E-state index in [-0.39, 0.29) is 35.4 Å². The summed E-state index contributed by atoms with van der Waals surface area (Å²) in [6.45, 7) is 4.46. The lowest BCUT2D eigenvalue weighted by atomic mass is 10.1. The molecule has 2 aromatic carbocycles. The molecule has 0 aliphatic carbocycles. The van der Waals surface area contributed by atoms with Gasteiger partial charge >= 0.3 is 0 Å². The first-order valence-corrected chi connectivity index (χ1v) is 10.4. The number of nitrogens with zero attached hydrogens (tertiary/aromatic N) is 1. The number of halogens is 2. The molecular weight excluding hydrogens is 407 g/mol. The number of amides is 2. The van der Waals surface area contributed by atoms with E-state index in [1.54, 1.807) is 32.2 Å². The highest BCUT2D eigenvalue weighted by molar-refractivity contribution is 6.31. The van der Waals surface area contributed by atoms with Crippen LogP contribution in [0.25, 0.3) is 0 Å². The maximum absolute atomic E-state index is 14.2. The van der Waals surface area contributed by atoms with E-state index in [9.17, 15) is 14.0 Å². The van der Waals surface area contributed by atoms with Gasteiger partial charge in [0.2, 0.25) is 11.8 Å². The monoisotopic (exact) mass is 434 g/mol. The van der Waals surface area contributed by atoms with Crippen molar-refractivity contribution in [1.82, 2.24) is 10.2 Å². The maximum Gasteiger partial charge on any atom is 0.242 e. The molecule has 2 aromatic rings. The summed E-state index contributed by atoms with van der Waals surface area (Å²) in [7, 11) is 1.58. The minimum absolute atomic E-state index is 0.127. The number of methoxy groups -OCH3 is 1. The van der Waals surface area contributed by atoms with E-state index in [0.717, 1.165) is 18.4 Å². The molecule has 0 heterocycles. The molecular formula is C23H28ClFN2O3.